The number of fused-ring (bicyclic) bond motifs is 2. The molecule has 2 atom stereocenters. The lowest BCUT2D eigenvalue weighted by Gasteiger charge is -2.27. The maximum absolute atomic E-state index is 13.7. The number of ether oxygens (including phenoxy) is 2. The van der Waals surface area contributed by atoms with Crippen molar-refractivity contribution in [1.29, 1.82) is 0 Å². The van der Waals surface area contributed by atoms with Crippen LogP contribution in [-0.2, 0) is 4.74 Å². The second kappa shape index (κ2) is 9.63. The SMILES string of the molecule is CCCCCOc1cccc(C2c3c(oc4ccc(C)cc4c3=O)C(=O)N2CC2CCCO2)c1. The van der Waals surface area contributed by atoms with Crippen LogP contribution in [0.25, 0.3) is 11.0 Å². The van der Waals surface area contributed by atoms with Crippen LogP contribution >= 0.6 is 0 Å². The largest absolute Gasteiger partial charge is 0.494 e. The van der Waals surface area contributed by atoms with Gasteiger partial charge in [0.25, 0.3) is 5.91 Å². The van der Waals surface area contributed by atoms with Crippen molar-refractivity contribution >= 4 is 16.9 Å². The molecule has 6 nitrogen and oxygen atoms in total. The Bertz CT molecular complexity index is 1260. The highest BCUT2D eigenvalue weighted by Gasteiger charge is 2.44. The molecule has 0 spiro atoms. The molecule has 0 saturated carbocycles. The number of carbonyl (C=O) groups excluding carboxylic acids is 1. The lowest BCUT2D eigenvalue weighted by atomic mass is 9.97. The molecule has 6 heteroatoms. The monoisotopic (exact) mass is 461 g/mol. The van der Waals surface area contributed by atoms with Crippen molar-refractivity contribution in [1.82, 2.24) is 4.90 Å². The first-order valence-corrected chi connectivity index (χ1v) is 12.3. The first-order valence-electron chi connectivity index (χ1n) is 12.3. The van der Waals surface area contributed by atoms with E-state index in [0.717, 1.165) is 49.0 Å². The summed E-state index contributed by atoms with van der Waals surface area (Å²) < 4.78 is 17.9. The molecule has 0 aliphatic carbocycles. The zero-order valence-corrected chi connectivity index (χ0v) is 19.8. The Balaban J connectivity index is 1.58. The fourth-order valence-electron chi connectivity index (χ4n) is 4.99. The van der Waals surface area contributed by atoms with Gasteiger partial charge < -0.3 is 18.8 Å². The highest BCUT2D eigenvalue weighted by atomic mass is 16.5. The van der Waals surface area contributed by atoms with E-state index in [0.29, 0.717) is 36.3 Å². The summed E-state index contributed by atoms with van der Waals surface area (Å²) in [6.07, 6.45) is 5.08. The third kappa shape index (κ3) is 4.23. The predicted molar refractivity (Wildman–Crippen MR) is 131 cm³/mol. The van der Waals surface area contributed by atoms with Crippen molar-refractivity contribution in [3.05, 3.63) is 75.1 Å². The first kappa shape index (κ1) is 22.7. The fourth-order valence-corrected chi connectivity index (χ4v) is 4.99. The van der Waals surface area contributed by atoms with E-state index in [1.807, 2.05) is 43.3 Å². The summed E-state index contributed by atoms with van der Waals surface area (Å²) >= 11 is 0. The lowest BCUT2D eigenvalue weighted by Crippen LogP contribution is -2.36. The average Bonchev–Trinajstić information content (AvgIpc) is 3.45. The molecule has 2 aliphatic heterocycles. The molecule has 1 amide bonds. The van der Waals surface area contributed by atoms with Gasteiger partial charge in [-0.25, -0.2) is 0 Å². The lowest BCUT2D eigenvalue weighted by molar-refractivity contribution is 0.0486. The highest BCUT2D eigenvalue weighted by molar-refractivity contribution is 5.99. The molecule has 1 aromatic heterocycles. The fraction of sp³-hybridized carbons (Fsp3) is 0.429. The van der Waals surface area contributed by atoms with Gasteiger partial charge >= 0.3 is 0 Å². The van der Waals surface area contributed by atoms with Crippen molar-refractivity contribution < 1.29 is 18.7 Å². The average molecular weight is 462 g/mol. The number of hydrogen-bond acceptors (Lipinski definition) is 5. The summed E-state index contributed by atoms with van der Waals surface area (Å²) in [7, 11) is 0. The normalized spacial score (nSPS) is 19.7. The van der Waals surface area contributed by atoms with E-state index in [2.05, 4.69) is 6.92 Å². The van der Waals surface area contributed by atoms with E-state index < -0.39 is 6.04 Å². The van der Waals surface area contributed by atoms with Gasteiger partial charge in [-0.3, -0.25) is 9.59 Å². The van der Waals surface area contributed by atoms with Gasteiger partial charge in [-0.1, -0.05) is 43.5 Å². The van der Waals surface area contributed by atoms with Crippen LogP contribution in [-0.4, -0.2) is 36.7 Å². The van der Waals surface area contributed by atoms with Gasteiger partial charge in [0, 0.05) is 13.2 Å². The Labute approximate surface area is 199 Å². The molecule has 2 aromatic carbocycles. The summed E-state index contributed by atoms with van der Waals surface area (Å²) in [5.74, 6) is 0.621. The first-order chi connectivity index (χ1) is 16.6. The molecule has 0 radical (unpaired) electrons. The van der Waals surface area contributed by atoms with Crippen LogP contribution in [0.5, 0.6) is 5.75 Å². The van der Waals surface area contributed by atoms with E-state index in [-0.39, 0.29) is 23.2 Å². The second-order valence-electron chi connectivity index (χ2n) is 9.30. The predicted octanol–water partition coefficient (Wildman–Crippen LogP) is 5.39. The number of rotatable bonds is 8. The molecular weight excluding hydrogens is 430 g/mol. The van der Waals surface area contributed by atoms with Crippen molar-refractivity contribution in [3.8, 4) is 5.75 Å². The standard InChI is InChI=1S/C28H31NO5/c1-3-4-5-13-32-20-9-6-8-19(16-20)25-24-26(30)22-15-18(2)11-12-23(22)34-27(24)28(31)29(25)17-21-10-7-14-33-21/h6,8-9,11-12,15-16,21,25H,3-5,7,10,13-14,17H2,1-2H3. The van der Waals surface area contributed by atoms with E-state index in [4.69, 9.17) is 13.9 Å². The summed E-state index contributed by atoms with van der Waals surface area (Å²) in [5, 5.41) is 0.502. The molecule has 3 heterocycles. The molecular formula is C28H31NO5. The zero-order valence-electron chi connectivity index (χ0n) is 19.8. The third-order valence-electron chi connectivity index (χ3n) is 6.74. The molecule has 34 heavy (non-hydrogen) atoms. The Kier molecular flexibility index (Phi) is 6.42. The van der Waals surface area contributed by atoms with Gasteiger partial charge in [0.2, 0.25) is 5.76 Å². The minimum absolute atomic E-state index is 0.0407. The smallest absolute Gasteiger partial charge is 0.291 e. The molecule has 1 saturated heterocycles. The van der Waals surface area contributed by atoms with Gasteiger partial charge in [-0.2, -0.15) is 0 Å². The van der Waals surface area contributed by atoms with Crippen LogP contribution in [0.15, 0.2) is 51.7 Å². The maximum atomic E-state index is 13.7. The summed E-state index contributed by atoms with van der Waals surface area (Å²) in [6, 6.07) is 12.7. The topological polar surface area (TPSA) is 69.0 Å². The van der Waals surface area contributed by atoms with Crippen LogP contribution in [0.2, 0.25) is 0 Å². The van der Waals surface area contributed by atoms with E-state index in [1.54, 1.807) is 11.0 Å². The minimum Gasteiger partial charge on any atom is -0.494 e. The van der Waals surface area contributed by atoms with Crippen LogP contribution < -0.4 is 10.2 Å². The number of carbonyl (C=O) groups is 1. The molecule has 2 aliphatic rings. The van der Waals surface area contributed by atoms with Crippen LogP contribution in [0.4, 0.5) is 0 Å². The van der Waals surface area contributed by atoms with Crippen molar-refractivity contribution in [2.24, 2.45) is 0 Å². The van der Waals surface area contributed by atoms with Crippen LogP contribution in [0.1, 0.15) is 72.3 Å². The zero-order chi connectivity index (χ0) is 23.7. The number of aryl methyl sites for hydroxylation is 1. The molecule has 5 rings (SSSR count). The Morgan fingerprint density at radius 1 is 1.12 bits per heavy atom. The minimum atomic E-state index is -0.535. The van der Waals surface area contributed by atoms with E-state index >= 15 is 0 Å². The van der Waals surface area contributed by atoms with E-state index in [1.165, 1.54) is 0 Å². The maximum Gasteiger partial charge on any atom is 0.291 e. The molecule has 0 bridgehead atoms. The number of unbranched alkanes of at least 4 members (excludes halogenated alkanes) is 2. The van der Waals surface area contributed by atoms with Gasteiger partial charge in [-0.15, -0.1) is 0 Å². The summed E-state index contributed by atoms with van der Waals surface area (Å²) in [5.41, 5.74) is 2.51. The Hall–Kier alpha value is -3.12. The van der Waals surface area contributed by atoms with Gasteiger partial charge in [-0.05, 0) is 56.0 Å². The second-order valence-corrected chi connectivity index (χ2v) is 9.30. The number of benzene rings is 2. The third-order valence-corrected chi connectivity index (χ3v) is 6.74. The molecule has 3 aromatic rings. The number of nitrogens with zero attached hydrogens (tertiary/aromatic N) is 1. The highest BCUT2D eigenvalue weighted by Crippen LogP contribution is 2.39. The molecule has 0 N–H and O–H groups in total. The van der Waals surface area contributed by atoms with Crippen LogP contribution in [0.3, 0.4) is 0 Å². The molecule has 1 fully saturated rings. The quantitative estimate of drug-likeness (QED) is 0.421. The van der Waals surface area contributed by atoms with Crippen molar-refractivity contribution in [2.45, 2.75) is 58.1 Å². The van der Waals surface area contributed by atoms with Crippen molar-refractivity contribution in [3.63, 3.8) is 0 Å². The Morgan fingerprint density at radius 2 is 2.00 bits per heavy atom. The molecule has 2 unspecified atom stereocenters. The number of amides is 1. The summed E-state index contributed by atoms with van der Waals surface area (Å²) in [4.78, 5) is 29.0. The van der Waals surface area contributed by atoms with Crippen molar-refractivity contribution in [2.75, 3.05) is 19.8 Å². The van der Waals surface area contributed by atoms with Gasteiger partial charge in [0.05, 0.1) is 29.7 Å². The molecule has 178 valence electrons. The number of hydrogen-bond donors (Lipinski definition) is 0. The Morgan fingerprint density at radius 3 is 2.79 bits per heavy atom. The van der Waals surface area contributed by atoms with Gasteiger partial charge in [0.15, 0.2) is 5.43 Å². The van der Waals surface area contributed by atoms with Crippen LogP contribution in [0, 0.1) is 6.92 Å². The summed E-state index contributed by atoms with van der Waals surface area (Å²) in [6.45, 7) is 5.87. The van der Waals surface area contributed by atoms with E-state index in [9.17, 15) is 9.59 Å². The van der Waals surface area contributed by atoms with Gasteiger partial charge in [0.1, 0.15) is 11.3 Å².